The predicted molar refractivity (Wildman–Crippen MR) is 107 cm³/mol. The SMILES string of the molecule is COc1ccc(N2C(N)=C(C#N)C(c3ccc(F)cc3)C3=C2CCCC3=O)cc1. The van der Waals surface area contributed by atoms with Gasteiger partial charge >= 0.3 is 0 Å². The summed E-state index contributed by atoms with van der Waals surface area (Å²) in [7, 11) is 1.59. The molecule has 1 heterocycles. The number of hydrogen-bond acceptors (Lipinski definition) is 5. The lowest BCUT2D eigenvalue weighted by Crippen LogP contribution is -2.38. The second kappa shape index (κ2) is 7.44. The number of hydrogen-bond donors (Lipinski definition) is 1. The van der Waals surface area contributed by atoms with Gasteiger partial charge in [0, 0.05) is 23.4 Å². The summed E-state index contributed by atoms with van der Waals surface area (Å²) in [6.07, 6.45) is 1.81. The number of halogens is 1. The molecule has 0 spiro atoms. The third kappa shape index (κ3) is 3.15. The van der Waals surface area contributed by atoms with Crippen LogP contribution in [-0.4, -0.2) is 12.9 Å². The zero-order chi connectivity index (χ0) is 20.5. The lowest BCUT2D eigenvalue weighted by molar-refractivity contribution is -0.116. The number of rotatable bonds is 3. The molecule has 0 amide bonds. The smallest absolute Gasteiger partial charge is 0.161 e. The van der Waals surface area contributed by atoms with Crippen LogP contribution in [0.3, 0.4) is 0 Å². The zero-order valence-electron chi connectivity index (χ0n) is 16.0. The minimum Gasteiger partial charge on any atom is -0.497 e. The van der Waals surface area contributed by atoms with Gasteiger partial charge in [-0.25, -0.2) is 4.39 Å². The van der Waals surface area contributed by atoms with Crippen LogP contribution in [0.15, 0.2) is 71.2 Å². The lowest BCUT2D eigenvalue weighted by atomic mass is 9.75. The normalized spacial score (nSPS) is 19.1. The van der Waals surface area contributed by atoms with Gasteiger partial charge in [0.1, 0.15) is 17.4 Å². The van der Waals surface area contributed by atoms with Crippen LogP contribution < -0.4 is 15.4 Å². The Hall–Kier alpha value is -3.59. The molecule has 5 nitrogen and oxygen atoms in total. The third-order valence-corrected chi connectivity index (χ3v) is 5.45. The predicted octanol–water partition coefficient (Wildman–Crippen LogP) is 4.14. The number of nitrogens with zero attached hydrogens (tertiary/aromatic N) is 2. The molecule has 0 fully saturated rings. The molecule has 29 heavy (non-hydrogen) atoms. The maximum atomic E-state index is 13.5. The quantitative estimate of drug-likeness (QED) is 0.853. The van der Waals surface area contributed by atoms with E-state index in [1.807, 2.05) is 24.3 Å². The standard InChI is InChI=1S/C23H20FN3O2/c1-29-17-11-9-16(10-12-17)27-19-3-2-4-20(28)22(19)21(18(13-25)23(27)26)14-5-7-15(24)8-6-14/h5-12,21H,2-4,26H2,1H3. The van der Waals surface area contributed by atoms with E-state index < -0.39 is 5.92 Å². The number of anilines is 1. The molecule has 4 rings (SSSR count). The Bertz CT molecular complexity index is 1060. The highest BCUT2D eigenvalue weighted by Crippen LogP contribution is 2.46. The Morgan fingerprint density at radius 3 is 2.45 bits per heavy atom. The van der Waals surface area contributed by atoms with Crippen molar-refractivity contribution >= 4 is 11.5 Å². The van der Waals surface area contributed by atoms with E-state index in [4.69, 9.17) is 10.5 Å². The van der Waals surface area contributed by atoms with E-state index in [9.17, 15) is 14.4 Å². The first-order valence-electron chi connectivity index (χ1n) is 9.40. The molecular weight excluding hydrogens is 369 g/mol. The number of nitrogens with two attached hydrogens (primary N) is 1. The highest BCUT2D eigenvalue weighted by Gasteiger charge is 2.40. The van der Waals surface area contributed by atoms with Gasteiger partial charge in [-0.1, -0.05) is 12.1 Å². The maximum absolute atomic E-state index is 13.5. The van der Waals surface area contributed by atoms with Gasteiger partial charge in [-0.2, -0.15) is 5.26 Å². The van der Waals surface area contributed by atoms with Crippen LogP contribution >= 0.6 is 0 Å². The van der Waals surface area contributed by atoms with E-state index in [1.165, 1.54) is 12.1 Å². The second-order valence-electron chi connectivity index (χ2n) is 7.07. The van der Waals surface area contributed by atoms with Gasteiger partial charge in [-0.05, 0) is 54.8 Å². The van der Waals surface area contributed by atoms with Crippen LogP contribution in [0.5, 0.6) is 5.75 Å². The summed E-state index contributed by atoms with van der Waals surface area (Å²) >= 11 is 0. The Kier molecular flexibility index (Phi) is 4.81. The van der Waals surface area contributed by atoms with Crippen LogP contribution in [0, 0.1) is 17.1 Å². The van der Waals surface area contributed by atoms with Gasteiger partial charge in [0.15, 0.2) is 5.78 Å². The Morgan fingerprint density at radius 1 is 1.14 bits per heavy atom. The number of carbonyl (C=O) groups excluding carboxylic acids is 1. The van der Waals surface area contributed by atoms with Gasteiger partial charge in [-0.3, -0.25) is 9.69 Å². The zero-order valence-corrected chi connectivity index (χ0v) is 16.0. The minimum atomic E-state index is -0.585. The van der Waals surface area contributed by atoms with Gasteiger partial charge in [0.05, 0.1) is 24.7 Å². The van der Waals surface area contributed by atoms with E-state index >= 15 is 0 Å². The number of methoxy groups -OCH3 is 1. The van der Waals surface area contributed by atoms with Crippen LogP contribution in [0.25, 0.3) is 0 Å². The van der Waals surface area contributed by atoms with E-state index in [0.717, 1.165) is 17.8 Å². The van der Waals surface area contributed by atoms with E-state index in [-0.39, 0.29) is 11.6 Å². The summed E-state index contributed by atoms with van der Waals surface area (Å²) < 4.78 is 18.7. The Morgan fingerprint density at radius 2 is 1.83 bits per heavy atom. The summed E-state index contributed by atoms with van der Waals surface area (Å²) in [4.78, 5) is 14.8. The van der Waals surface area contributed by atoms with Crippen molar-refractivity contribution in [3.05, 3.63) is 82.6 Å². The molecule has 0 saturated heterocycles. The number of nitriles is 1. The van der Waals surface area contributed by atoms with Crippen molar-refractivity contribution in [2.75, 3.05) is 12.0 Å². The van der Waals surface area contributed by atoms with Gasteiger partial charge in [0.2, 0.25) is 0 Å². The number of allylic oxidation sites excluding steroid dienone is 3. The fourth-order valence-electron chi connectivity index (χ4n) is 4.10. The van der Waals surface area contributed by atoms with Gasteiger partial charge in [-0.15, -0.1) is 0 Å². The molecule has 2 aliphatic rings. The highest BCUT2D eigenvalue weighted by molar-refractivity contribution is 6.01. The Balaban J connectivity index is 1.92. The van der Waals surface area contributed by atoms with Crippen molar-refractivity contribution in [3.63, 3.8) is 0 Å². The van der Waals surface area contributed by atoms with Crippen LogP contribution in [0.2, 0.25) is 0 Å². The molecule has 2 N–H and O–H groups in total. The maximum Gasteiger partial charge on any atom is 0.161 e. The van der Waals surface area contributed by atoms with E-state index in [0.29, 0.717) is 41.1 Å². The van der Waals surface area contributed by atoms with Crippen molar-refractivity contribution in [1.29, 1.82) is 5.26 Å². The molecule has 2 aromatic carbocycles. The number of benzene rings is 2. The number of Topliss-reactive ketones (excluding diaryl/α,β-unsaturated/α-hetero) is 1. The van der Waals surface area contributed by atoms with Crippen molar-refractivity contribution < 1.29 is 13.9 Å². The monoisotopic (exact) mass is 389 g/mol. The summed E-state index contributed by atoms with van der Waals surface area (Å²) in [5.74, 6) is 0.0358. The van der Waals surface area contributed by atoms with Crippen LogP contribution in [0.4, 0.5) is 10.1 Å². The fraction of sp³-hybridized carbons (Fsp3) is 0.217. The first-order chi connectivity index (χ1) is 14.0. The topological polar surface area (TPSA) is 79.3 Å². The molecular formula is C23H20FN3O2. The van der Waals surface area contributed by atoms with Crippen molar-refractivity contribution in [2.45, 2.75) is 25.2 Å². The van der Waals surface area contributed by atoms with E-state index in [2.05, 4.69) is 6.07 Å². The molecule has 0 saturated carbocycles. The number of ketones is 1. The molecule has 1 aliphatic heterocycles. The van der Waals surface area contributed by atoms with E-state index in [1.54, 1.807) is 24.1 Å². The second-order valence-corrected chi connectivity index (χ2v) is 7.07. The first kappa shape index (κ1) is 18.8. The van der Waals surface area contributed by atoms with Crippen molar-refractivity contribution in [1.82, 2.24) is 0 Å². The summed E-state index contributed by atoms with van der Waals surface area (Å²) in [5, 5.41) is 9.93. The van der Waals surface area contributed by atoms with Crippen LogP contribution in [-0.2, 0) is 4.79 Å². The van der Waals surface area contributed by atoms with Gasteiger partial charge in [0.25, 0.3) is 0 Å². The summed E-state index contributed by atoms with van der Waals surface area (Å²) in [6, 6.07) is 15.4. The fourth-order valence-corrected chi connectivity index (χ4v) is 4.10. The number of ether oxygens (including phenoxy) is 1. The summed E-state index contributed by atoms with van der Waals surface area (Å²) in [6.45, 7) is 0. The highest BCUT2D eigenvalue weighted by atomic mass is 19.1. The molecule has 1 unspecified atom stereocenters. The molecule has 2 aromatic rings. The molecule has 0 radical (unpaired) electrons. The first-order valence-corrected chi connectivity index (χ1v) is 9.40. The minimum absolute atomic E-state index is 0.000614. The number of carbonyl (C=O) groups is 1. The average Bonchev–Trinajstić information content (AvgIpc) is 2.74. The van der Waals surface area contributed by atoms with Crippen molar-refractivity contribution in [2.24, 2.45) is 5.73 Å². The largest absolute Gasteiger partial charge is 0.497 e. The molecule has 1 atom stereocenters. The molecule has 0 aromatic heterocycles. The molecule has 1 aliphatic carbocycles. The third-order valence-electron chi connectivity index (χ3n) is 5.45. The molecule has 146 valence electrons. The average molecular weight is 389 g/mol. The summed E-state index contributed by atoms with van der Waals surface area (Å²) in [5.41, 5.74) is 9.59. The Labute approximate surface area is 168 Å². The van der Waals surface area contributed by atoms with Crippen LogP contribution in [0.1, 0.15) is 30.7 Å². The van der Waals surface area contributed by atoms with Gasteiger partial charge < -0.3 is 10.5 Å². The molecule has 0 bridgehead atoms. The van der Waals surface area contributed by atoms with Crippen molar-refractivity contribution in [3.8, 4) is 11.8 Å². The lowest BCUT2D eigenvalue weighted by Gasteiger charge is -2.39. The molecule has 6 heteroatoms.